The van der Waals surface area contributed by atoms with E-state index in [0.717, 1.165) is 108 Å². The smallest absolute Gasteiger partial charge is 0.657 e. The molecule has 0 saturated carbocycles. The van der Waals surface area contributed by atoms with Crippen LogP contribution < -0.4 is 19.4 Å². The van der Waals surface area contributed by atoms with Crippen molar-refractivity contribution in [3.05, 3.63) is 106 Å². The SMILES string of the molecule is CCCCc1c2nc(c(-c3cccc(OC)c3)c3ccc([n-]3)c(Br)c3nc(c(-c4cccc(OC)c4)c4ccc1[n-]4)C=C3)C=C2.[Zn+2]. The van der Waals surface area contributed by atoms with Gasteiger partial charge in [-0.25, -0.2) is 9.97 Å². The number of methoxy groups -OCH3 is 2. The van der Waals surface area contributed by atoms with Crippen molar-refractivity contribution in [3.8, 4) is 33.8 Å². The third-order valence-corrected chi connectivity index (χ3v) is 8.96. The van der Waals surface area contributed by atoms with Crippen LogP contribution in [-0.4, -0.2) is 24.2 Å². The fourth-order valence-electron chi connectivity index (χ4n) is 5.87. The number of fused-ring (bicyclic) bond motifs is 8. The van der Waals surface area contributed by atoms with Crippen LogP contribution in [0.1, 0.15) is 48.1 Å². The van der Waals surface area contributed by atoms with Gasteiger partial charge in [0.25, 0.3) is 0 Å². The third-order valence-electron chi connectivity index (χ3n) is 8.15. The van der Waals surface area contributed by atoms with Crippen LogP contribution >= 0.6 is 15.9 Å². The van der Waals surface area contributed by atoms with E-state index in [2.05, 4.69) is 59.3 Å². The zero-order valence-electron chi connectivity index (χ0n) is 26.0. The number of aromatic nitrogens is 4. The number of nitrogens with zero attached hydrogens (tertiary/aromatic N) is 4. The minimum Gasteiger partial charge on any atom is -0.657 e. The molecule has 0 unspecified atom stereocenters. The Balaban J connectivity index is 0.00000372. The van der Waals surface area contributed by atoms with Gasteiger partial charge in [-0.3, -0.25) is 0 Å². The fourth-order valence-corrected chi connectivity index (χ4v) is 6.31. The van der Waals surface area contributed by atoms with E-state index in [9.17, 15) is 0 Å². The van der Waals surface area contributed by atoms with Crippen LogP contribution in [0.5, 0.6) is 11.5 Å². The van der Waals surface area contributed by atoms with E-state index in [4.69, 9.17) is 29.4 Å². The second-order valence-electron chi connectivity index (χ2n) is 11.0. The summed E-state index contributed by atoms with van der Waals surface area (Å²) in [6.45, 7) is 2.21. The first-order valence-corrected chi connectivity index (χ1v) is 15.8. The molecule has 7 rings (SSSR count). The maximum atomic E-state index is 5.58. The normalized spacial score (nSPS) is 11.8. The number of ether oxygens (including phenoxy) is 2. The molecule has 0 saturated heterocycles. The monoisotopic (exact) mass is 718 g/mol. The van der Waals surface area contributed by atoms with E-state index in [0.29, 0.717) is 0 Å². The number of halogens is 1. The van der Waals surface area contributed by atoms with Gasteiger partial charge in [-0.2, -0.15) is 0 Å². The number of rotatable bonds is 7. The first-order chi connectivity index (χ1) is 22.1. The Hall–Kier alpha value is -4.26. The fraction of sp³-hybridized carbons (Fsp3) is 0.158. The zero-order valence-corrected chi connectivity index (χ0v) is 30.6. The molecule has 8 heteroatoms. The Morgan fingerprint density at radius 2 is 1.13 bits per heavy atom. The zero-order chi connectivity index (χ0) is 30.9. The predicted octanol–water partition coefficient (Wildman–Crippen LogP) is 9.37. The van der Waals surface area contributed by atoms with E-state index in [1.54, 1.807) is 14.2 Å². The van der Waals surface area contributed by atoms with Gasteiger partial charge in [0.15, 0.2) is 0 Å². The average Bonchev–Trinajstić information content (AvgIpc) is 3.90. The minimum atomic E-state index is 0. The van der Waals surface area contributed by atoms with Crippen LogP contribution in [0.15, 0.2) is 77.3 Å². The number of unbranched alkanes of at least 4 members (excludes halogenated alkanes) is 1. The third kappa shape index (κ3) is 6.00. The maximum Gasteiger partial charge on any atom is 2.00 e. The second-order valence-corrected chi connectivity index (χ2v) is 11.8. The molecule has 46 heavy (non-hydrogen) atoms. The summed E-state index contributed by atoms with van der Waals surface area (Å²) in [4.78, 5) is 20.7. The summed E-state index contributed by atoms with van der Waals surface area (Å²) in [5, 5.41) is 0. The molecule has 2 aromatic carbocycles. The van der Waals surface area contributed by atoms with Crippen molar-refractivity contribution < 1.29 is 29.0 Å². The van der Waals surface area contributed by atoms with Gasteiger partial charge >= 0.3 is 19.5 Å². The molecule has 0 N–H and O–H groups in total. The molecule has 0 spiro atoms. The van der Waals surface area contributed by atoms with E-state index in [-0.39, 0.29) is 19.5 Å². The van der Waals surface area contributed by atoms with Crippen molar-refractivity contribution in [1.82, 2.24) is 19.9 Å². The summed E-state index contributed by atoms with van der Waals surface area (Å²) in [7, 11) is 3.36. The van der Waals surface area contributed by atoms with Crippen molar-refractivity contribution >= 4 is 62.3 Å². The molecule has 5 aromatic rings. The maximum absolute atomic E-state index is 5.58. The van der Waals surface area contributed by atoms with Crippen LogP contribution in [0.2, 0.25) is 0 Å². The van der Waals surface area contributed by atoms with E-state index in [1.807, 2.05) is 60.7 Å². The van der Waals surface area contributed by atoms with Crippen molar-refractivity contribution in [3.63, 3.8) is 0 Å². The van der Waals surface area contributed by atoms with Gasteiger partial charge in [0, 0.05) is 4.47 Å². The van der Waals surface area contributed by atoms with Crippen molar-refractivity contribution in [1.29, 1.82) is 0 Å². The minimum absolute atomic E-state index is 0. The Kier molecular flexibility index (Phi) is 9.39. The van der Waals surface area contributed by atoms with Crippen LogP contribution in [0.25, 0.3) is 68.6 Å². The Morgan fingerprint density at radius 3 is 1.72 bits per heavy atom. The molecule has 0 atom stereocenters. The van der Waals surface area contributed by atoms with E-state index in [1.165, 1.54) is 0 Å². The molecule has 8 bridgehead atoms. The standard InChI is InChI=1S/C38H31BrN4O2.Zn/c1-4-5-12-27-28-13-15-30(40-28)36(23-8-6-10-25(21-23)44-2)32-17-19-34(42-32)38(39)35-20-18-33(43-35)37(31-16-14-29(27)41-31)24-9-7-11-26(22-24)45-3;/h6-11,13-22H,4-5,12H2,1-3H3;/q-2;+2. The first-order valence-electron chi connectivity index (χ1n) is 15.0. The summed E-state index contributed by atoms with van der Waals surface area (Å²) in [5.41, 5.74) is 11.8. The Morgan fingerprint density at radius 1 is 0.630 bits per heavy atom. The molecule has 0 fully saturated rings. The molecule has 224 valence electrons. The summed E-state index contributed by atoms with van der Waals surface area (Å²) in [6.07, 6.45) is 11.2. The van der Waals surface area contributed by atoms with E-state index < -0.39 is 0 Å². The number of hydrogen-bond acceptors (Lipinski definition) is 4. The number of aryl methyl sites for hydroxylation is 1. The summed E-state index contributed by atoms with van der Waals surface area (Å²) in [5.74, 6) is 1.55. The van der Waals surface area contributed by atoms with Crippen molar-refractivity contribution in [2.75, 3.05) is 14.2 Å². The van der Waals surface area contributed by atoms with Crippen LogP contribution in [0.4, 0.5) is 0 Å². The molecule has 6 nitrogen and oxygen atoms in total. The molecule has 0 aliphatic carbocycles. The van der Waals surface area contributed by atoms with Gasteiger partial charge in [0.1, 0.15) is 11.5 Å². The summed E-state index contributed by atoms with van der Waals surface area (Å²) >= 11 is 3.83. The van der Waals surface area contributed by atoms with E-state index >= 15 is 0 Å². The Labute approximate surface area is 289 Å². The van der Waals surface area contributed by atoms with Gasteiger partial charge in [0.05, 0.1) is 37.0 Å². The molecule has 2 aliphatic heterocycles. The van der Waals surface area contributed by atoms with Crippen molar-refractivity contribution in [2.45, 2.75) is 26.2 Å². The summed E-state index contributed by atoms with van der Waals surface area (Å²) < 4.78 is 12.0. The molecule has 3 aromatic heterocycles. The predicted molar refractivity (Wildman–Crippen MR) is 187 cm³/mol. The van der Waals surface area contributed by atoms with Crippen LogP contribution in [-0.2, 0) is 25.9 Å². The summed E-state index contributed by atoms with van der Waals surface area (Å²) in [6, 6.07) is 24.4. The molecular weight excluding hydrogens is 690 g/mol. The Bertz CT molecular complexity index is 2120. The molecule has 2 aliphatic rings. The largest absolute Gasteiger partial charge is 2.00 e. The molecule has 0 radical (unpaired) electrons. The quantitative estimate of drug-likeness (QED) is 0.153. The first kappa shape index (κ1) is 31.7. The number of benzene rings is 2. The van der Waals surface area contributed by atoms with Gasteiger partial charge in [-0.15, -0.1) is 22.1 Å². The van der Waals surface area contributed by atoms with Crippen LogP contribution in [0.3, 0.4) is 0 Å². The van der Waals surface area contributed by atoms with Gasteiger partial charge in [0.2, 0.25) is 0 Å². The molecule has 5 heterocycles. The topological polar surface area (TPSA) is 72.4 Å². The van der Waals surface area contributed by atoms with Gasteiger partial charge < -0.3 is 19.4 Å². The van der Waals surface area contributed by atoms with Gasteiger partial charge in [-0.1, -0.05) is 61.9 Å². The average molecular weight is 721 g/mol. The number of hydrogen-bond donors (Lipinski definition) is 0. The second kappa shape index (κ2) is 13.6. The van der Waals surface area contributed by atoms with Gasteiger partial charge in [-0.05, 0) is 105 Å². The molecule has 0 amide bonds. The molecular formula is C38H31BrN4O2Zn. The van der Waals surface area contributed by atoms with Crippen LogP contribution in [0, 0.1) is 0 Å². The van der Waals surface area contributed by atoms with Crippen molar-refractivity contribution in [2.24, 2.45) is 0 Å².